The van der Waals surface area contributed by atoms with Crippen LogP contribution in [0.5, 0.6) is 0 Å². The van der Waals surface area contributed by atoms with Gasteiger partial charge in [0.2, 0.25) is 0 Å². The second-order valence-electron chi connectivity index (χ2n) is 5.59. The van der Waals surface area contributed by atoms with Crippen molar-refractivity contribution in [3.05, 3.63) is 59.4 Å². The van der Waals surface area contributed by atoms with E-state index in [-0.39, 0.29) is 5.82 Å². The molecule has 2 aromatic carbocycles. The van der Waals surface area contributed by atoms with E-state index >= 15 is 0 Å². The Morgan fingerprint density at radius 3 is 2.71 bits per heavy atom. The fourth-order valence-electron chi connectivity index (χ4n) is 3.08. The number of halogens is 1. The van der Waals surface area contributed by atoms with Gasteiger partial charge >= 0.3 is 0 Å². The van der Waals surface area contributed by atoms with E-state index < -0.39 is 6.10 Å². The number of benzene rings is 2. The van der Waals surface area contributed by atoms with Gasteiger partial charge in [-0.1, -0.05) is 30.3 Å². The fraction of sp³-hybridized carbons (Fsp3) is 0.333. The Labute approximate surface area is 124 Å². The summed E-state index contributed by atoms with van der Waals surface area (Å²) in [6.07, 6.45) is 2.45. The van der Waals surface area contributed by atoms with E-state index in [1.54, 1.807) is 19.1 Å². The molecule has 0 saturated carbocycles. The highest BCUT2D eigenvalue weighted by Crippen LogP contribution is 2.38. The zero-order valence-corrected chi connectivity index (χ0v) is 12.2. The molecule has 1 aliphatic rings. The molecule has 1 aliphatic heterocycles. The minimum atomic E-state index is -0.689. The molecule has 1 N–H and O–H groups in total. The summed E-state index contributed by atoms with van der Waals surface area (Å²) in [7, 11) is 0. The fourth-order valence-corrected chi connectivity index (χ4v) is 3.08. The molecule has 2 aromatic rings. The second-order valence-corrected chi connectivity index (χ2v) is 5.59. The molecule has 0 fully saturated rings. The Balaban J connectivity index is 2.17. The van der Waals surface area contributed by atoms with Crippen molar-refractivity contribution in [2.75, 3.05) is 11.4 Å². The lowest BCUT2D eigenvalue weighted by molar-refractivity contribution is 0.199. The lowest BCUT2D eigenvalue weighted by Crippen LogP contribution is -2.21. The van der Waals surface area contributed by atoms with Gasteiger partial charge in [0, 0.05) is 17.8 Å². The molecule has 21 heavy (non-hydrogen) atoms. The predicted molar refractivity (Wildman–Crippen MR) is 83.4 cm³/mol. The van der Waals surface area contributed by atoms with E-state index in [9.17, 15) is 9.50 Å². The Morgan fingerprint density at radius 2 is 1.90 bits per heavy atom. The Bertz CT molecular complexity index is 639. The largest absolute Gasteiger partial charge is 0.389 e. The van der Waals surface area contributed by atoms with E-state index in [0.29, 0.717) is 11.3 Å². The lowest BCUT2D eigenvalue weighted by Gasteiger charge is -2.28. The van der Waals surface area contributed by atoms with Gasteiger partial charge in [0.25, 0.3) is 0 Å². The standard InChI is InChI=1S/C18H20FNO/c1-13(21)15-9-6-10-16(19)18(15)20-12-5-4-8-14-7-2-3-11-17(14)20/h2-3,6-7,9-11,13,21H,4-5,8,12H2,1H3. The zero-order chi connectivity index (χ0) is 14.8. The molecule has 0 bridgehead atoms. The number of para-hydroxylation sites is 2. The lowest BCUT2D eigenvalue weighted by atomic mass is 10.0. The van der Waals surface area contributed by atoms with Crippen LogP contribution >= 0.6 is 0 Å². The molecule has 1 heterocycles. The number of rotatable bonds is 2. The van der Waals surface area contributed by atoms with E-state index in [1.807, 2.05) is 23.1 Å². The molecule has 110 valence electrons. The monoisotopic (exact) mass is 285 g/mol. The summed E-state index contributed by atoms with van der Waals surface area (Å²) in [5.74, 6) is -0.273. The predicted octanol–water partition coefficient (Wildman–Crippen LogP) is 4.35. The highest BCUT2D eigenvalue weighted by Gasteiger charge is 2.23. The van der Waals surface area contributed by atoms with E-state index in [1.165, 1.54) is 11.6 Å². The molecule has 3 heteroatoms. The first-order chi connectivity index (χ1) is 10.2. The number of aliphatic hydroxyl groups excluding tert-OH is 1. The summed E-state index contributed by atoms with van der Waals surface area (Å²) < 4.78 is 14.5. The number of fused-ring (bicyclic) bond motifs is 1. The molecule has 0 radical (unpaired) electrons. The van der Waals surface area contributed by atoms with Gasteiger partial charge in [0.15, 0.2) is 0 Å². The van der Waals surface area contributed by atoms with Crippen LogP contribution in [-0.4, -0.2) is 11.7 Å². The SMILES string of the molecule is CC(O)c1cccc(F)c1N1CCCCc2ccccc21. The van der Waals surface area contributed by atoms with Crippen molar-refractivity contribution in [3.63, 3.8) is 0 Å². The first-order valence-electron chi connectivity index (χ1n) is 7.50. The molecule has 1 unspecified atom stereocenters. The summed E-state index contributed by atoms with van der Waals surface area (Å²) in [4.78, 5) is 2.03. The van der Waals surface area contributed by atoms with Crippen LogP contribution in [-0.2, 0) is 6.42 Å². The van der Waals surface area contributed by atoms with Crippen molar-refractivity contribution < 1.29 is 9.50 Å². The summed E-state index contributed by atoms with van der Waals surface area (Å²) >= 11 is 0. The summed E-state index contributed by atoms with van der Waals surface area (Å²) in [5.41, 5.74) is 3.46. The van der Waals surface area contributed by atoms with E-state index in [2.05, 4.69) is 6.07 Å². The average Bonchev–Trinajstić information content (AvgIpc) is 2.69. The summed E-state index contributed by atoms with van der Waals surface area (Å²) in [5, 5.41) is 9.98. The van der Waals surface area contributed by atoms with Crippen LogP contribution in [0.15, 0.2) is 42.5 Å². The smallest absolute Gasteiger partial charge is 0.147 e. The summed E-state index contributed by atoms with van der Waals surface area (Å²) in [6, 6.07) is 13.1. The Hall–Kier alpha value is -1.87. The maximum Gasteiger partial charge on any atom is 0.147 e. The maximum absolute atomic E-state index is 14.5. The summed E-state index contributed by atoms with van der Waals surface area (Å²) in [6.45, 7) is 2.46. The van der Waals surface area contributed by atoms with Gasteiger partial charge in [0.05, 0.1) is 11.8 Å². The van der Waals surface area contributed by atoms with Crippen molar-refractivity contribution in [3.8, 4) is 0 Å². The molecule has 2 nitrogen and oxygen atoms in total. The van der Waals surface area contributed by atoms with Gasteiger partial charge in [-0.15, -0.1) is 0 Å². The Morgan fingerprint density at radius 1 is 1.10 bits per heavy atom. The number of hydrogen-bond donors (Lipinski definition) is 1. The van der Waals surface area contributed by atoms with E-state index in [4.69, 9.17) is 0 Å². The maximum atomic E-state index is 14.5. The molecule has 0 amide bonds. The number of aryl methyl sites for hydroxylation is 1. The highest BCUT2D eigenvalue weighted by atomic mass is 19.1. The molecule has 0 saturated heterocycles. The topological polar surface area (TPSA) is 23.5 Å². The van der Waals surface area contributed by atoms with E-state index in [0.717, 1.165) is 31.5 Å². The molecule has 0 spiro atoms. The third-order valence-corrected chi connectivity index (χ3v) is 4.10. The van der Waals surface area contributed by atoms with Crippen LogP contribution in [0.4, 0.5) is 15.8 Å². The normalized spacial score (nSPS) is 16.2. The van der Waals surface area contributed by atoms with Crippen molar-refractivity contribution in [2.45, 2.75) is 32.3 Å². The number of aliphatic hydroxyl groups is 1. The third kappa shape index (κ3) is 2.66. The van der Waals surface area contributed by atoms with Crippen LogP contribution in [0.25, 0.3) is 0 Å². The van der Waals surface area contributed by atoms with Crippen LogP contribution < -0.4 is 4.90 Å². The zero-order valence-electron chi connectivity index (χ0n) is 12.2. The van der Waals surface area contributed by atoms with Gasteiger partial charge in [-0.3, -0.25) is 0 Å². The van der Waals surface area contributed by atoms with Gasteiger partial charge < -0.3 is 10.0 Å². The number of anilines is 2. The van der Waals surface area contributed by atoms with Crippen LogP contribution in [0.1, 0.15) is 37.0 Å². The first-order valence-corrected chi connectivity index (χ1v) is 7.50. The molecular formula is C18H20FNO. The van der Waals surface area contributed by atoms with Gasteiger partial charge in [0.1, 0.15) is 5.82 Å². The molecular weight excluding hydrogens is 265 g/mol. The van der Waals surface area contributed by atoms with Crippen molar-refractivity contribution in [2.24, 2.45) is 0 Å². The third-order valence-electron chi connectivity index (χ3n) is 4.10. The molecule has 0 aromatic heterocycles. The molecule has 3 rings (SSSR count). The van der Waals surface area contributed by atoms with Crippen molar-refractivity contribution in [1.29, 1.82) is 0 Å². The van der Waals surface area contributed by atoms with Gasteiger partial charge in [-0.2, -0.15) is 0 Å². The van der Waals surface area contributed by atoms with Crippen LogP contribution in [0.2, 0.25) is 0 Å². The minimum absolute atomic E-state index is 0.273. The van der Waals surface area contributed by atoms with Gasteiger partial charge in [-0.25, -0.2) is 4.39 Å². The number of hydrogen-bond acceptors (Lipinski definition) is 2. The Kier molecular flexibility index (Phi) is 3.93. The number of nitrogens with zero attached hydrogens (tertiary/aromatic N) is 1. The highest BCUT2D eigenvalue weighted by molar-refractivity contribution is 5.70. The van der Waals surface area contributed by atoms with Crippen molar-refractivity contribution in [1.82, 2.24) is 0 Å². The average molecular weight is 285 g/mol. The molecule has 0 aliphatic carbocycles. The van der Waals surface area contributed by atoms with Crippen LogP contribution in [0.3, 0.4) is 0 Å². The van der Waals surface area contributed by atoms with Gasteiger partial charge in [-0.05, 0) is 43.9 Å². The first kappa shape index (κ1) is 14.1. The van der Waals surface area contributed by atoms with Crippen molar-refractivity contribution >= 4 is 11.4 Å². The quantitative estimate of drug-likeness (QED) is 0.886. The second kappa shape index (κ2) is 5.86. The minimum Gasteiger partial charge on any atom is -0.389 e. The van der Waals surface area contributed by atoms with Crippen LogP contribution in [0, 0.1) is 5.82 Å². The molecule has 1 atom stereocenters.